The molecule has 5 nitrogen and oxygen atoms in total. The van der Waals surface area contributed by atoms with Gasteiger partial charge in [0.25, 0.3) is 11.8 Å². The van der Waals surface area contributed by atoms with Crippen LogP contribution in [0.15, 0.2) is 48.5 Å². The SMILES string of the molecule is Cc1ccc(C(=O)Nc2ccc(N3CCOCC3=O)cc2)cc1. The molecular weight excluding hydrogens is 292 g/mol. The van der Waals surface area contributed by atoms with Gasteiger partial charge in [0.1, 0.15) is 6.61 Å². The highest BCUT2D eigenvalue weighted by atomic mass is 16.5. The fraction of sp³-hybridized carbons (Fsp3) is 0.222. The first-order chi connectivity index (χ1) is 11.1. The van der Waals surface area contributed by atoms with Crippen molar-refractivity contribution in [2.24, 2.45) is 0 Å². The van der Waals surface area contributed by atoms with Crippen LogP contribution in [0.1, 0.15) is 15.9 Å². The average Bonchev–Trinajstić information content (AvgIpc) is 2.57. The third-order valence-electron chi connectivity index (χ3n) is 3.74. The number of carbonyl (C=O) groups is 2. The largest absolute Gasteiger partial charge is 0.370 e. The van der Waals surface area contributed by atoms with E-state index >= 15 is 0 Å². The van der Waals surface area contributed by atoms with Crippen LogP contribution in [-0.4, -0.2) is 31.6 Å². The fourth-order valence-corrected chi connectivity index (χ4v) is 2.42. The molecule has 1 fully saturated rings. The van der Waals surface area contributed by atoms with Crippen LogP contribution in [0, 0.1) is 6.92 Å². The Morgan fingerprint density at radius 1 is 1.09 bits per heavy atom. The Morgan fingerprint density at radius 2 is 1.78 bits per heavy atom. The van der Waals surface area contributed by atoms with Crippen molar-refractivity contribution in [1.29, 1.82) is 0 Å². The second kappa shape index (κ2) is 6.62. The average molecular weight is 310 g/mol. The summed E-state index contributed by atoms with van der Waals surface area (Å²) in [6.07, 6.45) is 0. The number of carbonyl (C=O) groups excluding carboxylic acids is 2. The van der Waals surface area contributed by atoms with Gasteiger partial charge in [0.2, 0.25) is 0 Å². The molecule has 1 aliphatic rings. The number of ether oxygens (including phenoxy) is 1. The Bertz CT molecular complexity index is 708. The number of benzene rings is 2. The Morgan fingerprint density at radius 3 is 2.43 bits per heavy atom. The second-order valence-corrected chi connectivity index (χ2v) is 5.46. The molecule has 0 atom stereocenters. The Labute approximate surface area is 134 Å². The van der Waals surface area contributed by atoms with Gasteiger partial charge >= 0.3 is 0 Å². The Balaban J connectivity index is 1.68. The van der Waals surface area contributed by atoms with Gasteiger partial charge in [-0.1, -0.05) is 17.7 Å². The highest BCUT2D eigenvalue weighted by molar-refractivity contribution is 6.04. The van der Waals surface area contributed by atoms with Gasteiger partial charge in [0.05, 0.1) is 6.61 Å². The highest BCUT2D eigenvalue weighted by Gasteiger charge is 2.19. The van der Waals surface area contributed by atoms with Crippen molar-refractivity contribution in [2.45, 2.75) is 6.92 Å². The standard InChI is InChI=1S/C18H18N2O3/c1-13-2-4-14(5-3-13)18(22)19-15-6-8-16(9-7-15)20-10-11-23-12-17(20)21/h2-9H,10-12H2,1H3,(H,19,22). The van der Waals surface area contributed by atoms with Crippen molar-refractivity contribution < 1.29 is 14.3 Å². The zero-order valence-electron chi connectivity index (χ0n) is 12.9. The van der Waals surface area contributed by atoms with Crippen molar-refractivity contribution in [1.82, 2.24) is 0 Å². The predicted octanol–water partition coefficient (Wildman–Crippen LogP) is 2.61. The van der Waals surface area contributed by atoms with Crippen LogP contribution in [-0.2, 0) is 9.53 Å². The molecular formula is C18H18N2O3. The number of hydrogen-bond acceptors (Lipinski definition) is 3. The number of hydrogen-bond donors (Lipinski definition) is 1. The first-order valence-electron chi connectivity index (χ1n) is 7.50. The van der Waals surface area contributed by atoms with Gasteiger partial charge in [-0.3, -0.25) is 9.59 Å². The summed E-state index contributed by atoms with van der Waals surface area (Å²) in [5, 5.41) is 2.85. The molecule has 2 aromatic rings. The number of amides is 2. The van der Waals surface area contributed by atoms with Gasteiger partial charge in [-0.2, -0.15) is 0 Å². The van der Waals surface area contributed by atoms with E-state index in [2.05, 4.69) is 5.32 Å². The van der Waals surface area contributed by atoms with Gasteiger partial charge in [0.15, 0.2) is 0 Å². The van der Waals surface area contributed by atoms with Crippen LogP contribution >= 0.6 is 0 Å². The van der Waals surface area contributed by atoms with E-state index in [9.17, 15) is 9.59 Å². The van der Waals surface area contributed by atoms with Gasteiger partial charge in [-0.15, -0.1) is 0 Å². The first-order valence-corrected chi connectivity index (χ1v) is 7.50. The molecule has 1 saturated heterocycles. The summed E-state index contributed by atoms with van der Waals surface area (Å²) in [5.74, 6) is -0.201. The monoisotopic (exact) mass is 310 g/mol. The molecule has 0 aliphatic carbocycles. The van der Waals surface area contributed by atoms with E-state index in [1.165, 1.54) is 0 Å². The number of nitrogens with one attached hydrogen (secondary N) is 1. The molecule has 0 radical (unpaired) electrons. The van der Waals surface area contributed by atoms with E-state index in [0.29, 0.717) is 24.4 Å². The molecule has 3 rings (SSSR count). The van der Waals surface area contributed by atoms with Crippen LogP contribution in [0.2, 0.25) is 0 Å². The lowest BCUT2D eigenvalue weighted by Gasteiger charge is -2.26. The molecule has 1 N–H and O–H groups in total. The molecule has 0 aromatic heterocycles. The zero-order chi connectivity index (χ0) is 16.2. The van der Waals surface area contributed by atoms with E-state index in [-0.39, 0.29) is 18.4 Å². The summed E-state index contributed by atoms with van der Waals surface area (Å²) < 4.78 is 5.12. The van der Waals surface area contributed by atoms with Crippen LogP contribution in [0.25, 0.3) is 0 Å². The molecule has 1 aliphatic heterocycles. The van der Waals surface area contributed by atoms with Gasteiger partial charge in [0, 0.05) is 23.5 Å². The summed E-state index contributed by atoms with van der Waals surface area (Å²) in [7, 11) is 0. The quantitative estimate of drug-likeness (QED) is 0.948. The minimum atomic E-state index is -0.153. The van der Waals surface area contributed by atoms with Crippen molar-refractivity contribution in [3.8, 4) is 0 Å². The lowest BCUT2D eigenvalue weighted by atomic mass is 10.1. The smallest absolute Gasteiger partial charge is 0.255 e. The van der Waals surface area contributed by atoms with Crippen LogP contribution in [0.3, 0.4) is 0 Å². The fourth-order valence-electron chi connectivity index (χ4n) is 2.42. The van der Waals surface area contributed by atoms with E-state index < -0.39 is 0 Å². The highest BCUT2D eigenvalue weighted by Crippen LogP contribution is 2.20. The third kappa shape index (κ3) is 3.57. The molecule has 2 aromatic carbocycles. The Hall–Kier alpha value is -2.66. The van der Waals surface area contributed by atoms with E-state index in [1.54, 1.807) is 29.2 Å². The maximum atomic E-state index is 12.2. The number of nitrogens with zero attached hydrogens (tertiary/aromatic N) is 1. The molecule has 0 bridgehead atoms. The van der Waals surface area contributed by atoms with Gasteiger partial charge in [-0.05, 0) is 43.3 Å². The van der Waals surface area contributed by atoms with Gasteiger partial charge in [-0.25, -0.2) is 0 Å². The molecule has 118 valence electrons. The minimum absolute atomic E-state index is 0.0484. The molecule has 23 heavy (non-hydrogen) atoms. The number of morpholine rings is 1. The lowest BCUT2D eigenvalue weighted by molar-refractivity contribution is -0.125. The van der Waals surface area contributed by atoms with E-state index in [0.717, 1.165) is 11.3 Å². The molecule has 0 unspecified atom stereocenters. The molecule has 1 heterocycles. The third-order valence-corrected chi connectivity index (χ3v) is 3.74. The summed E-state index contributed by atoms with van der Waals surface area (Å²) in [5.41, 5.74) is 3.23. The normalized spacial score (nSPS) is 14.7. The van der Waals surface area contributed by atoms with Crippen LogP contribution < -0.4 is 10.2 Å². The molecule has 5 heteroatoms. The second-order valence-electron chi connectivity index (χ2n) is 5.46. The molecule has 0 saturated carbocycles. The number of anilines is 2. The molecule has 2 amide bonds. The maximum absolute atomic E-state index is 12.2. The molecule has 0 spiro atoms. The van der Waals surface area contributed by atoms with E-state index in [4.69, 9.17) is 4.74 Å². The summed E-state index contributed by atoms with van der Waals surface area (Å²) in [6.45, 7) is 3.19. The number of rotatable bonds is 3. The van der Waals surface area contributed by atoms with Gasteiger partial charge < -0.3 is 15.0 Å². The number of aryl methyl sites for hydroxylation is 1. The minimum Gasteiger partial charge on any atom is -0.370 e. The van der Waals surface area contributed by atoms with Crippen LogP contribution in [0.4, 0.5) is 11.4 Å². The van der Waals surface area contributed by atoms with Crippen molar-refractivity contribution in [2.75, 3.05) is 30.0 Å². The summed E-state index contributed by atoms with van der Waals surface area (Å²) in [6, 6.07) is 14.7. The van der Waals surface area contributed by atoms with Crippen molar-refractivity contribution >= 4 is 23.2 Å². The topological polar surface area (TPSA) is 58.6 Å². The summed E-state index contributed by atoms with van der Waals surface area (Å²) in [4.78, 5) is 25.7. The lowest BCUT2D eigenvalue weighted by Crippen LogP contribution is -2.41. The predicted molar refractivity (Wildman–Crippen MR) is 88.7 cm³/mol. The van der Waals surface area contributed by atoms with Crippen molar-refractivity contribution in [3.63, 3.8) is 0 Å². The maximum Gasteiger partial charge on any atom is 0.255 e. The van der Waals surface area contributed by atoms with Crippen LogP contribution in [0.5, 0.6) is 0 Å². The van der Waals surface area contributed by atoms with E-state index in [1.807, 2.05) is 31.2 Å². The first kappa shape index (κ1) is 15.2. The van der Waals surface area contributed by atoms with Crippen molar-refractivity contribution in [3.05, 3.63) is 59.7 Å². The summed E-state index contributed by atoms with van der Waals surface area (Å²) >= 11 is 0. The zero-order valence-corrected chi connectivity index (χ0v) is 12.9. The Kier molecular flexibility index (Phi) is 4.39.